The molecule has 0 aromatic rings. The van der Waals surface area contributed by atoms with Crippen molar-refractivity contribution in [3.8, 4) is 0 Å². The third-order valence-electron chi connectivity index (χ3n) is 23.5. The van der Waals surface area contributed by atoms with Crippen LogP contribution in [0.2, 0.25) is 0 Å². The lowest BCUT2D eigenvalue weighted by Crippen LogP contribution is -2.65. The van der Waals surface area contributed by atoms with Crippen LogP contribution in [0, 0.1) is 29.6 Å². The summed E-state index contributed by atoms with van der Waals surface area (Å²) in [5.74, 6) is -10.8. The van der Waals surface area contributed by atoms with Crippen LogP contribution in [-0.2, 0) is 62.3 Å². The Balaban J connectivity index is 1.28. The van der Waals surface area contributed by atoms with Gasteiger partial charge in [-0.15, -0.1) is 11.6 Å². The lowest BCUT2D eigenvalue weighted by atomic mass is 9.78. The van der Waals surface area contributed by atoms with Crippen LogP contribution in [0.25, 0.3) is 0 Å². The van der Waals surface area contributed by atoms with Crippen molar-refractivity contribution in [3.05, 3.63) is 0 Å². The number of hydrogen-bond acceptors (Lipinski definition) is 13. The first-order valence-electron chi connectivity index (χ1n) is 37.3. The zero-order chi connectivity index (χ0) is 74.4. The molecule has 3 N–H and O–H groups in total. The molecule has 29 heteroatoms. The van der Waals surface area contributed by atoms with Crippen molar-refractivity contribution in [2.24, 2.45) is 29.6 Å². The Labute approximate surface area is 600 Å². The molecule has 1 spiro atoms. The van der Waals surface area contributed by atoms with Crippen LogP contribution in [-0.4, -0.2) is 276 Å². The highest BCUT2D eigenvalue weighted by atomic mass is 35.5. The number of rotatable bonds is 11. The molecule has 7 aliphatic rings. The Morgan fingerprint density at radius 2 is 1.21 bits per heavy atom. The third kappa shape index (κ3) is 20.6. The number of likely N-dealkylation sites (N-methyl/N-ethyl adjacent to an activating group) is 7. The average Bonchev–Trinajstić information content (AvgIpc) is 1.74. The molecular formula is C72H116ClF3N12O13. The van der Waals surface area contributed by atoms with Crippen LogP contribution < -0.4 is 16.0 Å². The zero-order valence-corrected chi connectivity index (χ0v) is 62.5. The summed E-state index contributed by atoms with van der Waals surface area (Å²) in [4.78, 5) is 191. The van der Waals surface area contributed by atoms with Gasteiger partial charge in [-0.2, -0.15) is 13.2 Å². The number of hydrogen-bond donors (Lipinski definition) is 3. The molecule has 4 saturated carbocycles. The number of methoxy groups -OCH3 is 1. The van der Waals surface area contributed by atoms with E-state index in [2.05, 4.69) is 16.0 Å². The Bertz CT molecular complexity index is 2930. The topological polar surface area (TPSA) is 279 Å². The maximum atomic E-state index is 15.8. The summed E-state index contributed by atoms with van der Waals surface area (Å²) in [6.07, 6.45) is 6.53. The molecular weight excluding hydrogens is 1330 g/mol. The number of nitrogens with zero attached hydrogens (tertiary/aromatic N) is 9. The second-order valence-corrected chi connectivity index (χ2v) is 31.0. The number of nitrogens with one attached hydrogen (secondary N) is 3. The molecule has 7 fully saturated rings. The van der Waals surface area contributed by atoms with Crippen molar-refractivity contribution in [3.63, 3.8) is 0 Å². The second-order valence-electron chi connectivity index (χ2n) is 30.5. The Morgan fingerprint density at radius 1 is 0.604 bits per heavy atom. The van der Waals surface area contributed by atoms with E-state index >= 15 is 28.8 Å². The summed E-state index contributed by atoms with van der Waals surface area (Å²) in [5, 5.41) is 7.56. The predicted molar refractivity (Wildman–Crippen MR) is 372 cm³/mol. The smallest absolute Gasteiger partial charge is 0.379 e. The molecule has 4 aliphatic carbocycles. The minimum absolute atomic E-state index is 0.000715. The van der Waals surface area contributed by atoms with Gasteiger partial charge in [0.05, 0.1) is 38.1 Å². The van der Waals surface area contributed by atoms with Crippen LogP contribution in [0.5, 0.6) is 0 Å². The normalized spacial score (nSPS) is 30.2. The van der Waals surface area contributed by atoms with Crippen molar-refractivity contribution < 1.29 is 75.4 Å². The highest BCUT2D eigenvalue weighted by molar-refractivity contribution is 6.21. The lowest BCUT2D eigenvalue weighted by molar-refractivity contribution is -0.182. The van der Waals surface area contributed by atoms with Crippen molar-refractivity contribution >= 4 is 82.5 Å². The summed E-state index contributed by atoms with van der Waals surface area (Å²) in [6, 6.07) is -8.89. The van der Waals surface area contributed by atoms with Gasteiger partial charge in [0.15, 0.2) is 0 Å². The molecule has 3 aliphatic heterocycles. The molecule has 3 heterocycles. The highest BCUT2D eigenvalue weighted by Gasteiger charge is 2.52. The highest BCUT2D eigenvalue weighted by Crippen LogP contribution is 2.44. The number of halogens is 4. The predicted octanol–water partition coefficient (Wildman–Crippen LogP) is 5.47. The Morgan fingerprint density at radius 3 is 1.81 bits per heavy atom. The van der Waals surface area contributed by atoms with Crippen LogP contribution in [0.4, 0.5) is 13.2 Å². The molecule has 12 atom stereocenters. The van der Waals surface area contributed by atoms with E-state index in [1.54, 1.807) is 18.7 Å². The minimum Gasteiger partial charge on any atom is -0.379 e. The molecule has 12 amide bonds. The van der Waals surface area contributed by atoms with Crippen LogP contribution in [0.15, 0.2) is 0 Å². The van der Waals surface area contributed by atoms with E-state index in [0.29, 0.717) is 64.5 Å². The summed E-state index contributed by atoms with van der Waals surface area (Å²) in [6.45, 7) is 4.26. The molecule has 0 bridgehead atoms. The largest absolute Gasteiger partial charge is 0.393 e. The number of fused-ring (bicyclic) bond motifs is 1. The lowest BCUT2D eigenvalue weighted by Gasteiger charge is -2.43. The molecule has 0 aromatic carbocycles. The van der Waals surface area contributed by atoms with Gasteiger partial charge in [-0.05, 0) is 127 Å². The molecule has 0 radical (unpaired) electrons. The molecule has 25 nitrogen and oxygen atoms in total. The van der Waals surface area contributed by atoms with E-state index in [4.69, 9.17) is 16.3 Å². The van der Waals surface area contributed by atoms with Crippen LogP contribution in [0.3, 0.4) is 0 Å². The average molecular weight is 1450 g/mol. The van der Waals surface area contributed by atoms with Gasteiger partial charge >= 0.3 is 6.18 Å². The van der Waals surface area contributed by atoms with Gasteiger partial charge in [-0.25, -0.2) is 0 Å². The number of likely N-dealkylation sites (tertiary alicyclic amines) is 1. The SMILES string of the molecule is CC[C@H](C)[C@@H]1NC(=O)[C@H]([C@@H](C)OC)N(C)C(=O)C[C@@H](C(=O)N2CCCCC2)N(C)C(=O)[C@H](C2CCCCC2)N(C)C(=O)C2(CCCC2)NC(=O)[C@@H]2CCCN2C(=O)[C@H](CCC2CCC(C(F)(F)F)C(Cl)C2)NC(=O)CN(C)C(=O)[C@H](CC2CCCCC2)N(C)C(=O)CN(C)C(=O)CN(C)C1=O. The molecule has 7 rings (SSSR count). The van der Waals surface area contributed by atoms with E-state index in [0.717, 1.165) is 77.4 Å². The molecule has 3 saturated heterocycles. The summed E-state index contributed by atoms with van der Waals surface area (Å²) in [7, 11) is 11.3. The fourth-order valence-electron chi connectivity index (χ4n) is 16.7. The molecule has 3 unspecified atom stereocenters. The van der Waals surface area contributed by atoms with Crippen LogP contribution in [0.1, 0.15) is 194 Å². The van der Waals surface area contributed by atoms with E-state index in [1.165, 1.54) is 76.0 Å². The van der Waals surface area contributed by atoms with Gasteiger partial charge in [0.1, 0.15) is 47.8 Å². The number of amides is 12. The number of alkyl halides is 4. The van der Waals surface area contributed by atoms with E-state index in [9.17, 15) is 41.9 Å². The molecule has 0 aromatic heterocycles. The van der Waals surface area contributed by atoms with E-state index < -0.39 is 180 Å². The summed E-state index contributed by atoms with van der Waals surface area (Å²) in [5.41, 5.74) is -1.56. The zero-order valence-electron chi connectivity index (χ0n) is 61.8. The van der Waals surface area contributed by atoms with Gasteiger partial charge in [0, 0.05) is 81.5 Å². The Kier molecular flexibility index (Phi) is 29.9. The van der Waals surface area contributed by atoms with Gasteiger partial charge in [0.2, 0.25) is 70.9 Å². The fourth-order valence-corrected chi connectivity index (χ4v) is 17.3. The van der Waals surface area contributed by atoms with Crippen molar-refractivity contribution in [1.29, 1.82) is 0 Å². The molecule has 101 heavy (non-hydrogen) atoms. The maximum absolute atomic E-state index is 15.8. The number of carbonyl (C=O) groups is 12. The van der Waals surface area contributed by atoms with Crippen molar-refractivity contribution in [1.82, 2.24) is 60.0 Å². The van der Waals surface area contributed by atoms with Gasteiger partial charge in [0.25, 0.3) is 0 Å². The number of carbonyl (C=O) groups excluding carboxylic acids is 12. The first-order chi connectivity index (χ1) is 47.7. The first kappa shape index (κ1) is 82.0. The quantitative estimate of drug-likeness (QED) is 0.217. The number of piperidine rings is 1. The van der Waals surface area contributed by atoms with Gasteiger partial charge < -0.3 is 64.8 Å². The van der Waals surface area contributed by atoms with Gasteiger partial charge in [-0.1, -0.05) is 84.5 Å². The summed E-state index contributed by atoms with van der Waals surface area (Å²) >= 11 is 6.41. The standard InChI is InChI=1S/C72H116ClF3N12O13/c1-12-45(2)60-68(98)82(6)43-58(91)80(4)44-59(92)83(7)54(40-47-25-16-13-17-26-47)66(96)81(5)42-56(89)77-52(33-31-48-30-32-50(51(73)39-48)72(74,75)76)65(95)88-38-24-29-53(88)63(93)79-71(34-20-21-35-71)70(100)86(10)62(49-27-18-14-19-28-49)69(99)84(8)55(67(97)87-36-22-15-23-37-87)41-57(90)85(9)61(46(3)101-11)64(94)78-60/h45-55,60-62H,12-44H2,1-11H3,(H,77,89)(H,78,94)(H,79,93)/t45-,46+,48?,50?,51?,52-,53-,54-,55-,60-,61-,62-/m0/s1. The first-order valence-corrected chi connectivity index (χ1v) is 37.7. The van der Waals surface area contributed by atoms with E-state index in [1.807, 2.05) is 6.92 Å². The van der Waals surface area contributed by atoms with Gasteiger partial charge in [-0.3, -0.25) is 57.5 Å². The molecule has 570 valence electrons. The number of ether oxygens (including phenoxy) is 1. The monoisotopic (exact) mass is 1450 g/mol. The summed E-state index contributed by atoms with van der Waals surface area (Å²) < 4.78 is 47.8. The fraction of sp³-hybridized carbons (Fsp3) is 0.833. The third-order valence-corrected chi connectivity index (χ3v) is 24.0. The van der Waals surface area contributed by atoms with Crippen molar-refractivity contribution in [2.45, 2.75) is 260 Å². The van der Waals surface area contributed by atoms with E-state index in [-0.39, 0.29) is 76.2 Å². The maximum Gasteiger partial charge on any atom is 0.393 e. The Hall–Kier alpha value is -6.32. The van der Waals surface area contributed by atoms with Crippen molar-refractivity contribution in [2.75, 3.05) is 95.7 Å². The minimum atomic E-state index is -4.51. The second kappa shape index (κ2) is 36.9. The van der Waals surface area contributed by atoms with Crippen LogP contribution >= 0.6 is 11.6 Å².